The first-order chi connectivity index (χ1) is 26.0. The molecule has 3 unspecified atom stereocenters. The molecular weight excluding hydrogens is 778 g/mol. The van der Waals surface area contributed by atoms with E-state index in [0.29, 0.717) is 18.7 Å². The first-order valence-corrected chi connectivity index (χ1v) is 19.8. The molecule has 0 bridgehead atoms. The first kappa shape index (κ1) is 43.7. The van der Waals surface area contributed by atoms with E-state index >= 15 is 0 Å². The number of aromatic nitrogens is 4. The number of nitrogens with one attached hydrogen (secondary N) is 3. The number of terminal acetylenes is 2. The van der Waals surface area contributed by atoms with E-state index in [-0.39, 0.29) is 44.8 Å². The van der Waals surface area contributed by atoms with Crippen LogP contribution in [0.4, 0.5) is 11.7 Å². The molecule has 0 amide bonds. The molecule has 0 radical (unpaired) electrons. The highest BCUT2D eigenvalue weighted by Crippen LogP contribution is 2.33. The van der Waals surface area contributed by atoms with E-state index < -0.39 is 80.0 Å². The van der Waals surface area contributed by atoms with E-state index in [2.05, 4.69) is 35.9 Å². The molecule has 4 aliphatic heterocycles. The molecule has 304 valence electrons. The van der Waals surface area contributed by atoms with Gasteiger partial charge in [0, 0.05) is 49.5 Å². The fraction of sp³-hybridized carbons (Fsp3) is 0.625. The number of hydrogen-bond acceptors (Lipinski definition) is 13. The van der Waals surface area contributed by atoms with Gasteiger partial charge in [0.2, 0.25) is 0 Å². The summed E-state index contributed by atoms with van der Waals surface area (Å²) in [5, 5.41) is 3.11. The summed E-state index contributed by atoms with van der Waals surface area (Å²) in [6, 6.07) is -1.93. The van der Waals surface area contributed by atoms with Crippen molar-refractivity contribution in [2.24, 2.45) is 8.73 Å². The molecule has 4 fully saturated rings. The Hall–Kier alpha value is -4.07. The molecule has 18 nitrogen and oxygen atoms in total. The lowest BCUT2D eigenvalue weighted by Crippen LogP contribution is -2.40. The molecule has 0 saturated carbocycles. The van der Waals surface area contributed by atoms with Crippen LogP contribution in [0.3, 0.4) is 0 Å². The zero-order chi connectivity index (χ0) is 40.3. The zero-order valence-corrected chi connectivity index (χ0v) is 31.7. The van der Waals surface area contributed by atoms with Crippen molar-refractivity contribution in [2.75, 3.05) is 52.6 Å². The van der Waals surface area contributed by atoms with Crippen LogP contribution in [0.5, 0.6) is 0 Å². The quantitative estimate of drug-likeness (QED) is 0.161. The van der Waals surface area contributed by atoms with Crippen LogP contribution in [0.2, 0.25) is 0 Å². The van der Waals surface area contributed by atoms with Gasteiger partial charge in [-0.25, -0.2) is 9.59 Å². The van der Waals surface area contributed by atoms with Crippen LogP contribution in [-0.4, -0.2) is 109 Å². The minimum absolute atomic E-state index is 0.0153. The lowest BCUT2D eigenvalue weighted by Gasteiger charge is -2.29. The smallest absolute Gasteiger partial charge is 0.366 e. The third-order valence-corrected chi connectivity index (χ3v) is 10.7. The monoisotopic (exact) mass is 820 g/mol. The number of aromatic amines is 2. The highest BCUT2D eigenvalue weighted by atomic mass is 32.3. The van der Waals surface area contributed by atoms with Gasteiger partial charge in [0.25, 0.3) is 21.4 Å². The van der Waals surface area contributed by atoms with E-state index in [1.807, 2.05) is 0 Å². The first-order valence-electron chi connectivity index (χ1n) is 17.1. The van der Waals surface area contributed by atoms with Crippen molar-refractivity contribution in [2.45, 2.75) is 76.3 Å². The molecule has 2 aromatic heterocycles. The molecule has 23 heteroatoms. The van der Waals surface area contributed by atoms with Gasteiger partial charge in [-0.05, 0) is 39.8 Å². The standard InChI is InChI=1S/C16H21FN4O5S.C13H15F2N3O5S.C3H7N/c1-3-7-25-10-13-12(19-27(17,24)20-5-4-6-20)8-14(26-13)21-9-11(2)15(22)18-16(21)23;1-3-4-22-7-10-9(17-24(14,15)21)5-11(23-10)18-6-8(2)12(19)16-13(18)20;1-2-4-3-1/h1,9,12-14H,4-8,10H2,2H3,(H,18,22,23);1,6,9-11H,4-5,7H2,2H3,(H,16,19,20);4H,1-3H2/t12?,13-,14-,27?;9?,10-,11-;/m11./s1. The van der Waals surface area contributed by atoms with Gasteiger partial charge in [-0.3, -0.25) is 28.7 Å². The average Bonchev–Trinajstić information content (AvgIpc) is 3.61. The van der Waals surface area contributed by atoms with Gasteiger partial charge in [-0.2, -0.15) is 21.4 Å². The van der Waals surface area contributed by atoms with Gasteiger partial charge in [0.1, 0.15) is 37.9 Å². The minimum atomic E-state index is -5.35. The molecular formula is C32H43F3N8O10S2. The molecule has 3 N–H and O–H groups in total. The van der Waals surface area contributed by atoms with Gasteiger partial charge in [-0.1, -0.05) is 19.6 Å². The SMILES string of the molecule is C#CCOC[C@H]1O[C@@H](n2cc(C)c(=O)[nH]c2=O)CC1N=S(=O)(F)F.C#CCOC[C@H]1O[C@@H](n2cc(C)c(=O)[nH]c2=O)CC1N=S(=O)(F)N1CCC1.C1CNC1. The van der Waals surface area contributed by atoms with Crippen LogP contribution in [0.1, 0.15) is 49.3 Å². The van der Waals surface area contributed by atoms with Crippen molar-refractivity contribution in [3.63, 3.8) is 0 Å². The van der Waals surface area contributed by atoms with Crippen LogP contribution in [0.25, 0.3) is 0 Å². The molecule has 2 aromatic rings. The Labute approximate surface area is 315 Å². The maximum Gasteiger partial charge on any atom is 0.367 e. The van der Waals surface area contributed by atoms with Crippen molar-refractivity contribution in [1.82, 2.24) is 28.7 Å². The molecule has 6 heterocycles. The summed E-state index contributed by atoms with van der Waals surface area (Å²) < 4.78 is 95.0. The predicted molar refractivity (Wildman–Crippen MR) is 194 cm³/mol. The predicted octanol–water partition coefficient (Wildman–Crippen LogP) is 0.492. The number of hydrogen-bond donors (Lipinski definition) is 3. The molecule has 7 atom stereocenters. The lowest BCUT2D eigenvalue weighted by atomic mass is 10.1. The van der Waals surface area contributed by atoms with E-state index in [1.54, 1.807) is 6.92 Å². The Morgan fingerprint density at radius 2 is 1.22 bits per heavy atom. The van der Waals surface area contributed by atoms with Crippen molar-refractivity contribution in [1.29, 1.82) is 0 Å². The maximum atomic E-state index is 14.5. The Morgan fingerprint density at radius 1 is 0.800 bits per heavy atom. The van der Waals surface area contributed by atoms with Crippen molar-refractivity contribution in [3.05, 3.63) is 65.2 Å². The average molecular weight is 821 g/mol. The molecule has 0 spiro atoms. The molecule has 0 aromatic carbocycles. The highest BCUT2D eigenvalue weighted by molar-refractivity contribution is 7.86. The number of rotatable bonds is 11. The Bertz CT molecular complexity index is 2210. The number of ether oxygens (including phenoxy) is 4. The molecule has 4 aliphatic rings. The Morgan fingerprint density at radius 3 is 1.56 bits per heavy atom. The van der Waals surface area contributed by atoms with Crippen LogP contribution < -0.4 is 27.8 Å². The van der Waals surface area contributed by atoms with Gasteiger partial charge in [0.05, 0.1) is 25.3 Å². The minimum Gasteiger partial charge on any atom is -0.366 e. The van der Waals surface area contributed by atoms with Crippen LogP contribution in [-0.2, 0) is 39.7 Å². The Kier molecular flexibility index (Phi) is 15.6. The summed E-state index contributed by atoms with van der Waals surface area (Å²) in [4.78, 5) is 51.2. The zero-order valence-electron chi connectivity index (χ0n) is 30.0. The summed E-state index contributed by atoms with van der Waals surface area (Å²) in [7, 11) is -9.36. The summed E-state index contributed by atoms with van der Waals surface area (Å²) in [6.07, 6.45) is 11.5. The van der Waals surface area contributed by atoms with Crippen LogP contribution in [0.15, 0.2) is 40.3 Å². The van der Waals surface area contributed by atoms with Crippen LogP contribution in [0, 0.1) is 38.5 Å². The molecule has 0 aliphatic carbocycles. The summed E-state index contributed by atoms with van der Waals surface area (Å²) in [6.45, 7) is 6.14. The topological polar surface area (TPSA) is 221 Å². The Balaban J connectivity index is 0.000000223. The molecule has 6 rings (SSSR count). The van der Waals surface area contributed by atoms with Gasteiger partial charge < -0.3 is 24.3 Å². The fourth-order valence-electron chi connectivity index (χ4n) is 5.44. The normalized spacial score (nSPS) is 25.7. The number of halogens is 3. The maximum absolute atomic E-state index is 14.5. The summed E-state index contributed by atoms with van der Waals surface area (Å²) >= 11 is 0. The third kappa shape index (κ3) is 12.5. The third-order valence-electron chi connectivity index (χ3n) is 8.62. The second-order valence-electron chi connectivity index (χ2n) is 12.7. The lowest BCUT2D eigenvalue weighted by molar-refractivity contribution is -0.0404. The number of nitrogens with zero attached hydrogens (tertiary/aromatic N) is 5. The fourth-order valence-corrected chi connectivity index (χ4v) is 7.38. The molecule has 4 saturated heterocycles. The second kappa shape index (κ2) is 19.7. The second-order valence-corrected chi connectivity index (χ2v) is 15.3. The highest BCUT2D eigenvalue weighted by Gasteiger charge is 2.40. The summed E-state index contributed by atoms with van der Waals surface area (Å²) in [5.41, 5.74) is -1.87. The number of aryl methyl sites for hydroxylation is 2. The van der Waals surface area contributed by atoms with Gasteiger partial charge >= 0.3 is 21.9 Å². The summed E-state index contributed by atoms with van der Waals surface area (Å²) in [5.74, 6) is 4.53. The molecule has 55 heavy (non-hydrogen) atoms. The van der Waals surface area contributed by atoms with E-state index in [9.17, 15) is 39.3 Å². The van der Waals surface area contributed by atoms with E-state index in [0.717, 1.165) is 11.0 Å². The van der Waals surface area contributed by atoms with Gasteiger partial charge in [0.15, 0.2) is 0 Å². The van der Waals surface area contributed by atoms with E-state index in [4.69, 9.17) is 31.8 Å². The number of H-pyrrole nitrogens is 2. The largest absolute Gasteiger partial charge is 0.367 e. The van der Waals surface area contributed by atoms with Crippen molar-refractivity contribution < 1.29 is 39.0 Å². The van der Waals surface area contributed by atoms with Crippen LogP contribution >= 0.6 is 0 Å². The van der Waals surface area contributed by atoms with Crippen molar-refractivity contribution >= 4 is 20.8 Å². The van der Waals surface area contributed by atoms with Crippen molar-refractivity contribution in [3.8, 4) is 24.7 Å². The van der Waals surface area contributed by atoms with E-state index in [1.165, 1.54) is 47.7 Å². The van der Waals surface area contributed by atoms with Gasteiger partial charge in [-0.15, -0.1) is 16.7 Å².